The topological polar surface area (TPSA) is 60.2 Å². The summed E-state index contributed by atoms with van der Waals surface area (Å²) >= 11 is 0. The number of likely N-dealkylation sites (N-methyl/N-ethyl adjacent to an activating group) is 1. The van der Waals surface area contributed by atoms with Crippen LogP contribution in [0, 0.1) is 6.92 Å². The highest BCUT2D eigenvalue weighted by atomic mass is 16.6. The Labute approximate surface area is 81.4 Å². The van der Waals surface area contributed by atoms with E-state index in [1.807, 2.05) is 13.1 Å². The third kappa shape index (κ3) is 1.68. The number of aromatic nitrogens is 3. The third-order valence-corrected chi connectivity index (χ3v) is 2.10. The molecule has 0 aromatic carbocycles. The number of hydrogen-bond donors (Lipinski definition) is 0. The van der Waals surface area contributed by atoms with Crippen molar-refractivity contribution in [1.29, 1.82) is 0 Å². The lowest BCUT2D eigenvalue weighted by Crippen LogP contribution is -2.22. The van der Waals surface area contributed by atoms with Gasteiger partial charge in [-0.05, 0) is 6.92 Å². The monoisotopic (exact) mass is 196 g/mol. The number of carbonyl (C=O) groups excluding carboxylic acids is 1. The van der Waals surface area contributed by atoms with Gasteiger partial charge in [0.25, 0.3) is 0 Å². The van der Waals surface area contributed by atoms with Gasteiger partial charge in [0, 0.05) is 13.2 Å². The SMILES string of the molecule is Cc1cn(C[C@H]2CN(C)C(=O)O2)nn1. The van der Waals surface area contributed by atoms with Gasteiger partial charge in [0.05, 0.1) is 18.8 Å². The van der Waals surface area contributed by atoms with E-state index in [0.29, 0.717) is 13.1 Å². The maximum Gasteiger partial charge on any atom is 0.410 e. The second-order valence-electron chi connectivity index (χ2n) is 3.47. The first-order chi connectivity index (χ1) is 6.65. The number of rotatable bonds is 2. The highest BCUT2D eigenvalue weighted by Crippen LogP contribution is 2.10. The molecule has 1 atom stereocenters. The van der Waals surface area contributed by atoms with Gasteiger partial charge in [-0.1, -0.05) is 5.21 Å². The summed E-state index contributed by atoms with van der Waals surface area (Å²) in [5.74, 6) is 0. The minimum absolute atomic E-state index is 0.117. The summed E-state index contributed by atoms with van der Waals surface area (Å²) in [5.41, 5.74) is 0.864. The van der Waals surface area contributed by atoms with Crippen LogP contribution in [0.5, 0.6) is 0 Å². The molecule has 1 aromatic rings. The molecule has 76 valence electrons. The number of nitrogens with zero attached hydrogens (tertiary/aromatic N) is 4. The van der Waals surface area contributed by atoms with Gasteiger partial charge < -0.3 is 9.64 Å². The van der Waals surface area contributed by atoms with Gasteiger partial charge in [-0.3, -0.25) is 0 Å². The Bertz CT molecular complexity index is 349. The first kappa shape index (κ1) is 8.98. The summed E-state index contributed by atoms with van der Waals surface area (Å²) in [5, 5.41) is 7.74. The molecule has 14 heavy (non-hydrogen) atoms. The third-order valence-electron chi connectivity index (χ3n) is 2.10. The molecule has 1 aromatic heterocycles. The molecule has 0 unspecified atom stereocenters. The zero-order valence-electron chi connectivity index (χ0n) is 8.17. The average molecular weight is 196 g/mol. The van der Waals surface area contributed by atoms with E-state index in [1.165, 1.54) is 0 Å². The van der Waals surface area contributed by atoms with Crippen LogP contribution in [0.2, 0.25) is 0 Å². The van der Waals surface area contributed by atoms with Crippen LogP contribution in [0.4, 0.5) is 4.79 Å². The zero-order valence-corrected chi connectivity index (χ0v) is 8.17. The second kappa shape index (κ2) is 3.28. The minimum atomic E-state index is -0.271. The maximum atomic E-state index is 11.0. The quantitative estimate of drug-likeness (QED) is 0.670. The van der Waals surface area contributed by atoms with Gasteiger partial charge in [0.1, 0.15) is 6.10 Å². The van der Waals surface area contributed by atoms with E-state index in [1.54, 1.807) is 16.6 Å². The minimum Gasteiger partial charge on any atom is -0.442 e. The predicted molar refractivity (Wildman–Crippen MR) is 47.7 cm³/mol. The fourth-order valence-electron chi connectivity index (χ4n) is 1.44. The molecule has 1 amide bonds. The Morgan fingerprint density at radius 3 is 3.00 bits per heavy atom. The fraction of sp³-hybridized carbons (Fsp3) is 0.625. The van der Waals surface area contributed by atoms with Gasteiger partial charge in [0.2, 0.25) is 0 Å². The van der Waals surface area contributed by atoms with Crippen molar-refractivity contribution >= 4 is 6.09 Å². The normalized spacial score (nSPS) is 21.4. The molecule has 0 N–H and O–H groups in total. The van der Waals surface area contributed by atoms with E-state index in [-0.39, 0.29) is 12.2 Å². The summed E-state index contributed by atoms with van der Waals surface area (Å²) in [6.45, 7) is 3.05. The summed E-state index contributed by atoms with van der Waals surface area (Å²) in [6, 6.07) is 0. The molecule has 0 saturated carbocycles. The van der Waals surface area contributed by atoms with Crippen LogP contribution < -0.4 is 0 Å². The molecule has 0 aliphatic carbocycles. The van der Waals surface area contributed by atoms with Crippen LogP contribution >= 0.6 is 0 Å². The first-order valence-corrected chi connectivity index (χ1v) is 4.43. The van der Waals surface area contributed by atoms with Gasteiger partial charge >= 0.3 is 6.09 Å². The Morgan fingerprint density at radius 1 is 1.71 bits per heavy atom. The number of amides is 1. The summed E-state index contributed by atoms with van der Waals surface area (Å²) in [4.78, 5) is 12.6. The molecule has 0 spiro atoms. The molecule has 1 aliphatic heterocycles. The Balaban J connectivity index is 1.96. The molecule has 2 rings (SSSR count). The van der Waals surface area contributed by atoms with Gasteiger partial charge in [-0.2, -0.15) is 0 Å². The van der Waals surface area contributed by atoms with Crippen molar-refractivity contribution in [3.63, 3.8) is 0 Å². The lowest BCUT2D eigenvalue weighted by molar-refractivity contribution is 0.124. The van der Waals surface area contributed by atoms with Gasteiger partial charge in [0.15, 0.2) is 0 Å². The van der Waals surface area contributed by atoms with Gasteiger partial charge in [-0.15, -0.1) is 5.10 Å². The number of hydrogen-bond acceptors (Lipinski definition) is 4. The lowest BCUT2D eigenvalue weighted by Gasteiger charge is -2.06. The summed E-state index contributed by atoms with van der Waals surface area (Å²) < 4.78 is 6.77. The van der Waals surface area contributed by atoms with Crippen molar-refractivity contribution in [3.05, 3.63) is 11.9 Å². The van der Waals surface area contributed by atoms with Crippen molar-refractivity contribution in [1.82, 2.24) is 19.9 Å². The van der Waals surface area contributed by atoms with E-state index >= 15 is 0 Å². The molecule has 2 heterocycles. The standard InChI is InChI=1S/C8H12N4O2/c1-6-3-12(10-9-6)5-7-4-11(2)8(13)14-7/h3,7H,4-5H2,1-2H3/t7-/m1/s1. The molecule has 6 nitrogen and oxygen atoms in total. The van der Waals surface area contributed by atoms with Crippen LogP contribution in [0.3, 0.4) is 0 Å². The Kier molecular flexibility index (Phi) is 2.11. The van der Waals surface area contributed by atoms with E-state index in [2.05, 4.69) is 10.3 Å². The number of aryl methyl sites for hydroxylation is 1. The van der Waals surface area contributed by atoms with Crippen molar-refractivity contribution in [2.24, 2.45) is 0 Å². The van der Waals surface area contributed by atoms with Gasteiger partial charge in [-0.25, -0.2) is 9.48 Å². The van der Waals surface area contributed by atoms with E-state index in [9.17, 15) is 4.79 Å². The van der Waals surface area contributed by atoms with Crippen molar-refractivity contribution in [3.8, 4) is 0 Å². The fourth-order valence-corrected chi connectivity index (χ4v) is 1.44. The summed E-state index contributed by atoms with van der Waals surface area (Å²) in [7, 11) is 1.72. The van der Waals surface area contributed by atoms with Crippen molar-refractivity contribution in [2.75, 3.05) is 13.6 Å². The smallest absolute Gasteiger partial charge is 0.410 e. The molecule has 0 bridgehead atoms. The predicted octanol–water partition coefficient (Wildman–Crippen LogP) is 0.0371. The molecule has 0 radical (unpaired) electrons. The number of ether oxygens (including phenoxy) is 1. The number of cyclic esters (lactones) is 1. The molecular formula is C8H12N4O2. The Morgan fingerprint density at radius 2 is 2.50 bits per heavy atom. The largest absolute Gasteiger partial charge is 0.442 e. The molecule has 1 aliphatic rings. The first-order valence-electron chi connectivity index (χ1n) is 4.43. The van der Waals surface area contributed by atoms with Crippen molar-refractivity contribution in [2.45, 2.75) is 19.6 Å². The zero-order chi connectivity index (χ0) is 10.1. The van der Waals surface area contributed by atoms with Crippen LogP contribution in [0.1, 0.15) is 5.69 Å². The molecule has 6 heteroatoms. The van der Waals surface area contributed by atoms with Crippen LogP contribution in [-0.4, -0.2) is 45.7 Å². The van der Waals surface area contributed by atoms with E-state index < -0.39 is 0 Å². The molecular weight excluding hydrogens is 184 g/mol. The van der Waals surface area contributed by atoms with E-state index in [4.69, 9.17) is 4.74 Å². The molecule has 1 fully saturated rings. The van der Waals surface area contributed by atoms with Crippen molar-refractivity contribution < 1.29 is 9.53 Å². The highest BCUT2D eigenvalue weighted by molar-refractivity contribution is 5.69. The number of carbonyl (C=O) groups is 1. The van der Waals surface area contributed by atoms with Crippen LogP contribution in [0.25, 0.3) is 0 Å². The summed E-state index contributed by atoms with van der Waals surface area (Å²) in [6.07, 6.45) is 1.44. The molecule has 1 saturated heterocycles. The van der Waals surface area contributed by atoms with Crippen LogP contribution in [-0.2, 0) is 11.3 Å². The lowest BCUT2D eigenvalue weighted by atomic mass is 10.3. The average Bonchev–Trinajstić information content (AvgIpc) is 2.62. The second-order valence-corrected chi connectivity index (χ2v) is 3.47. The highest BCUT2D eigenvalue weighted by Gasteiger charge is 2.28. The Hall–Kier alpha value is -1.59. The maximum absolute atomic E-state index is 11.0. The van der Waals surface area contributed by atoms with Crippen LogP contribution in [0.15, 0.2) is 6.20 Å². The van der Waals surface area contributed by atoms with E-state index in [0.717, 1.165) is 5.69 Å².